The molecule has 0 aliphatic heterocycles. The van der Waals surface area contributed by atoms with E-state index in [4.69, 9.17) is 5.14 Å². The van der Waals surface area contributed by atoms with Crippen molar-refractivity contribution in [1.82, 2.24) is 9.78 Å². The minimum atomic E-state index is -3.67. The van der Waals surface area contributed by atoms with Crippen LogP contribution in [0.5, 0.6) is 0 Å². The molecule has 92 valence electrons. The van der Waals surface area contributed by atoms with Gasteiger partial charge in [0.05, 0.1) is 11.4 Å². The molecule has 6 heteroatoms. The molecule has 1 unspecified atom stereocenters. The van der Waals surface area contributed by atoms with Gasteiger partial charge in [0.1, 0.15) is 4.90 Å². The summed E-state index contributed by atoms with van der Waals surface area (Å²) in [4.78, 5) is 0.163. The standard InChI is InChI=1S/C10H19N3O2S/c1-5-7(2)6-13-9(4)10(8(3)12-13)16(11,14)15/h7H,5-6H2,1-4H3,(H2,11,14,15). The van der Waals surface area contributed by atoms with E-state index in [9.17, 15) is 8.42 Å². The average molecular weight is 245 g/mol. The van der Waals surface area contributed by atoms with Crippen LogP contribution in [-0.2, 0) is 16.6 Å². The molecule has 0 spiro atoms. The largest absolute Gasteiger partial charge is 0.268 e. The highest BCUT2D eigenvalue weighted by Gasteiger charge is 2.21. The summed E-state index contributed by atoms with van der Waals surface area (Å²) in [6, 6.07) is 0. The monoisotopic (exact) mass is 245 g/mol. The molecule has 0 radical (unpaired) electrons. The third kappa shape index (κ3) is 2.62. The van der Waals surface area contributed by atoms with Gasteiger partial charge in [-0.1, -0.05) is 20.3 Å². The van der Waals surface area contributed by atoms with Gasteiger partial charge in [0.2, 0.25) is 10.0 Å². The minimum Gasteiger partial charge on any atom is -0.268 e. The van der Waals surface area contributed by atoms with Crippen molar-refractivity contribution in [2.24, 2.45) is 11.1 Å². The van der Waals surface area contributed by atoms with Gasteiger partial charge in [0.25, 0.3) is 0 Å². The van der Waals surface area contributed by atoms with Crippen LogP contribution in [-0.4, -0.2) is 18.2 Å². The van der Waals surface area contributed by atoms with Gasteiger partial charge in [0.15, 0.2) is 0 Å². The van der Waals surface area contributed by atoms with Crippen molar-refractivity contribution in [3.63, 3.8) is 0 Å². The first-order chi connectivity index (χ1) is 7.27. The predicted octanol–water partition coefficient (Wildman–Crippen LogP) is 1.19. The highest BCUT2D eigenvalue weighted by atomic mass is 32.2. The van der Waals surface area contributed by atoms with Crippen LogP contribution in [0.2, 0.25) is 0 Å². The molecule has 0 aliphatic carbocycles. The number of nitrogens with zero attached hydrogens (tertiary/aromatic N) is 2. The number of nitrogens with two attached hydrogens (primary N) is 1. The fraction of sp³-hybridized carbons (Fsp3) is 0.700. The van der Waals surface area contributed by atoms with E-state index in [-0.39, 0.29) is 4.90 Å². The molecule has 2 N–H and O–H groups in total. The van der Waals surface area contributed by atoms with Gasteiger partial charge in [-0.25, -0.2) is 13.6 Å². The summed E-state index contributed by atoms with van der Waals surface area (Å²) in [7, 11) is -3.67. The number of aromatic nitrogens is 2. The van der Waals surface area contributed by atoms with Crippen molar-refractivity contribution in [2.45, 2.75) is 45.6 Å². The molecule has 0 saturated heterocycles. The molecule has 1 aromatic rings. The van der Waals surface area contributed by atoms with Crippen LogP contribution in [0.15, 0.2) is 4.90 Å². The van der Waals surface area contributed by atoms with Crippen molar-refractivity contribution in [3.05, 3.63) is 11.4 Å². The Morgan fingerprint density at radius 2 is 2.00 bits per heavy atom. The first-order valence-electron chi connectivity index (χ1n) is 5.34. The van der Waals surface area contributed by atoms with Crippen molar-refractivity contribution < 1.29 is 8.42 Å². The Bertz CT molecular complexity index is 476. The zero-order valence-corrected chi connectivity index (χ0v) is 11.0. The van der Waals surface area contributed by atoms with Gasteiger partial charge in [-0.3, -0.25) is 4.68 Å². The van der Waals surface area contributed by atoms with Crippen LogP contribution in [0.3, 0.4) is 0 Å². The molecule has 1 rings (SSSR count). The SMILES string of the molecule is CCC(C)Cn1nc(C)c(S(N)(=O)=O)c1C. The lowest BCUT2D eigenvalue weighted by Gasteiger charge is -2.10. The van der Waals surface area contributed by atoms with Crippen molar-refractivity contribution in [1.29, 1.82) is 0 Å². The maximum Gasteiger partial charge on any atom is 0.241 e. The summed E-state index contributed by atoms with van der Waals surface area (Å²) in [5.41, 5.74) is 1.10. The Morgan fingerprint density at radius 1 is 1.44 bits per heavy atom. The molecule has 0 fully saturated rings. The second-order valence-electron chi connectivity index (χ2n) is 4.24. The van der Waals surface area contributed by atoms with Gasteiger partial charge in [0, 0.05) is 6.54 Å². The molecule has 0 aromatic carbocycles. The Kier molecular flexibility index (Phi) is 3.75. The zero-order valence-electron chi connectivity index (χ0n) is 10.2. The minimum absolute atomic E-state index is 0.163. The number of aryl methyl sites for hydroxylation is 1. The summed E-state index contributed by atoms with van der Waals surface area (Å²) in [6.07, 6.45) is 1.03. The lowest BCUT2D eigenvalue weighted by molar-refractivity contribution is 0.430. The molecule has 0 aliphatic rings. The third-order valence-electron chi connectivity index (χ3n) is 2.78. The van der Waals surface area contributed by atoms with E-state index in [1.807, 2.05) is 0 Å². The lowest BCUT2D eigenvalue weighted by Crippen LogP contribution is -2.15. The zero-order chi connectivity index (χ0) is 12.5. The predicted molar refractivity (Wildman–Crippen MR) is 62.5 cm³/mol. The Labute approximate surface area is 96.7 Å². The molecule has 1 atom stereocenters. The smallest absolute Gasteiger partial charge is 0.241 e. The van der Waals surface area contributed by atoms with E-state index >= 15 is 0 Å². The molecule has 1 heterocycles. The van der Waals surface area contributed by atoms with Crippen LogP contribution in [0, 0.1) is 19.8 Å². The van der Waals surface area contributed by atoms with Crippen molar-refractivity contribution in [2.75, 3.05) is 0 Å². The van der Waals surface area contributed by atoms with Crippen molar-refractivity contribution >= 4 is 10.0 Å². The molecule has 1 aromatic heterocycles. The number of hydrogen-bond donors (Lipinski definition) is 1. The fourth-order valence-corrected chi connectivity index (χ4v) is 2.66. The number of sulfonamides is 1. The maximum absolute atomic E-state index is 11.4. The van der Waals surface area contributed by atoms with Crippen LogP contribution in [0.1, 0.15) is 31.7 Å². The quantitative estimate of drug-likeness (QED) is 0.865. The molecule has 0 saturated carbocycles. The van der Waals surface area contributed by atoms with Gasteiger partial charge in [-0.15, -0.1) is 0 Å². The first-order valence-corrected chi connectivity index (χ1v) is 6.88. The lowest BCUT2D eigenvalue weighted by atomic mass is 10.1. The number of hydrogen-bond acceptors (Lipinski definition) is 3. The van der Waals surface area contributed by atoms with Gasteiger partial charge < -0.3 is 0 Å². The van der Waals surface area contributed by atoms with Crippen LogP contribution in [0.4, 0.5) is 0 Å². The van der Waals surface area contributed by atoms with Gasteiger partial charge in [-0.05, 0) is 19.8 Å². The summed E-state index contributed by atoms with van der Waals surface area (Å²) in [6.45, 7) is 8.32. The summed E-state index contributed by atoms with van der Waals surface area (Å²) in [5, 5.41) is 9.38. The van der Waals surface area contributed by atoms with E-state index in [2.05, 4.69) is 18.9 Å². The van der Waals surface area contributed by atoms with Gasteiger partial charge >= 0.3 is 0 Å². The maximum atomic E-state index is 11.4. The van der Waals surface area contributed by atoms with Crippen LogP contribution >= 0.6 is 0 Å². The van der Waals surface area contributed by atoms with E-state index in [0.29, 0.717) is 17.3 Å². The average Bonchev–Trinajstić information content (AvgIpc) is 2.40. The van der Waals surface area contributed by atoms with E-state index in [1.54, 1.807) is 18.5 Å². The Hall–Kier alpha value is -0.880. The van der Waals surface area contributed by atoms with Crippen LogP contribution in [0.25, 0.3) is 0 Å². The number of primary sulfonamides is 1. The second kappa shape index (κ2) is 4.55. The molecule has 16 heavy (non-hydrogen) atoms. The highest BCUT2D eigenvalue weighted by Crippen LogP contribution is 2.19. The normalized spacial score (nSPS) is 14.1. The Balaban J connectivity index is 3.17. The third-order valence-corrected chi connectivity index (χ3v) is 3.94. The van der Waals surface area contributed by atoms with E-state index in [0.717, 1.165) is 13.0 Å². The molecule has 0 bridgehead atoms. The molecular weight excluding hydrogens is 226 g/mol. The van der Waals surface area contributed by atoms with E-state index < -0.39 is 10.0 Å². The highest BCUT2D eigenvalue weighted by molar-refractivity contribution is 7.89. The number of rotatable bonds is 4. The Morgan fingerprint density at radius 3 is 2.38 bits per heavy atom. The second-order valence-corrected chi connectivity index (χ2v) is 5.74. The summed E-state index contributed by atoms with van der Waals surface area (Å²) in [5.74, 6) is 0.464. The van der Waals surface area contributed by atoms with E-state index in [1.165, 1.54) is 0 Å². The topological polar surface area (TPSA) is 78.0 Å². The van der Waals surface area contributed by atoms with Crippen LogP contribution < -0.4 is 5.14 Å². The first kappa shape index (κ1) is 13.2. The van der Waals surface area contributed by atoms with Gasteiger partial charge in [-0.2, -0.15) is 5.10 Å². The molecule has 0 amide bonds. The molecular formula is C10H19N3O2S. The summed E-state index contributed by atoms with van der Waals surface area (Å²) < 4.78 is 24.5. The fourth-order valence-electron chi connectivity index (χ4n) is 1.69. The van der Waals surface area contributed by atoms with Crippen molar-refractivity contribution in [3.8, 4) is 0 Å². The molecule has 5 nitrogen and oxygen atoms in total. The summed E-state index contributed by atoms with van der Waals surface area (Å²) >= 11 is 0.